The second-order valence-corrected chi connectivity index (χ2v) is 7.74. The number of hydrogen-bond acceptors (Lipinski definition) is 7. The Morgan fingerprint density at radius 3 is 2.58 bits per heavy atom. The highest BCUT2D eigenvalue weighted by atomic mass is 16.5. The Kier molecular flexibility index (Phi) is 4.68. The molecule has 3 aliphatic heterocycles. The molecule has 31 heavy (non-hydrogen) atoms. The number of para-hydroxylation sites is 1. The first-order chi connectivity index (χ1) is 15.1. The van der Waals surface area contributed by atoms with Gasteiger partial charge in [-0.25, -0.2) is 14.8 Å². The third-order valence-corrected chi connectivity index (χ3v) is 6.02. The van der Waals surface area contributed by atoms with Crippen LogP contribution in [0.2, 0.25) is 0 Å². The van der Waals surface area contributed by atoms with E-state index in [1.54, 1.807) is 41.6 Å². The van der Waals surface area contributed by atoms with Crippen LogP contribution in [0.4, 0.5) is 10.7 Å². The molecule has 3 aliphatic rings. The Hall–Kier alpha value is -3.69. The van der Waals surface area contributed by atoms with Crippen LogP contribution in [-0.2, 0) is 15.1 Å². The third kappa shape index (κ3) is 3.24. The standard InChI is InChI=1S/C21H22N6O4/c28-17(25-9-11-26(12-10-25)19-22-7-3-8-23-19)14-27-18(29)21(24-20(27)30)6-13-31-16-5-2-1-4-15(16)21/h1-5,7-8H,6,9-14H2,(H,24,30). The Morgan fingerprint density at radius 2 is 1.81 bits per heavy atom. The number of benzene rings is 1. The molecule has 1 aromatic heterocycles. The van der Waals surface area contributed by atoms with E-state index in [2.05, 4.69) is 15.3 Å². The van der Waals surface area contributed by atoms with Crippen LogP contribution in [0, 0.1) is 0 Å². The zero-order valence-electron chi connectivity index (χ0n) is 16.9. The van der Waals surface area contributed by atoms with E-state index < -0.39 is 17.5 Å². The third-order valence-electron chi connectivity index (χ3n) is 6.02. The molecule has 2 saturated heterocycles. The van der Waals surface area contributed by atoms with Crippen molar-refractivity contribution in [2.24, 2.45) is 0 Å². The minimum atomic E-state index is -1.17. The van der Waals surface area contributed by atoms with Gasteiger partial charge in [0.1, 0.15) is 12.3 Å². The molecule has 2 fully saturated rings. The second kappa shape index (κ2) is 7.53. The number of fused-ring (bicyclic) bond motifs is 2. The molecular formula is C21H22N6O4. The van der Waals surface area contributed by atoms with Crippen LogP contribution in [0.15, 0.2) is 42.7 Å². The van der Waals surface area contributed by atoms with Gasteiger partial charge >= 0.3 is 6.03 Å². The van der Waals surface area contributed by atoms with E-state index in [-0.39, 0.29) is 12.5 Å². The highest BCUT2D eigenvalue weighted by Gasteiger charge is 2.55. The fraction of sp³-hybridized carbons (Fsp3) is 0.381. The van der Waals surface area contributed by atoms with Gasteiger partial charge in [0.05, 0.1) is 6.61 Å². The average molecular weight is 422 g/mol. The minimum Gasteiger partial charge on any atom is -0.493 e. The molecule has 160 valence electrons. The predicted molar refractivity (Wildman–Crippen MR) is 109 cm³/mol. The van der Waals surface area contributed by atoms with Crippen molar-refractivity contribution in [2.75, 3.05) is 44.2 Å². The lowest BCUT2D eigenvalue weighted by molar-refractivity contribution is -0.139. The molecule has 10 heteroatoms. The van der Waals surface area contributed by atoms with Gasteiger partial charge in [0.25, 0.3) is 5.91 Å². The Balaban J connectivity index is 1.27. The number of urea groups is 1. The topological polar surface area (TPSA) is 108 Å². The number of nitrogens with zero attached hydrogens (tertiary/aromatic N) is 5. The highest BCUT2D eigenvalue weighted by molar-refractivity contribution is 6.09. The highest BCUT2D eigenvalue weighted by Crippen LogP contribution is 2.40. The quantitative estimate of drug-likeness (QED) is 0.712. The van der Waals surface area contributed by atoms with Crippen molar-refractivity contribution >= 4 is 23.8 Å². The summed E-state index contributed by atoms with van der Waals surface area (Å²) in [5.74, 6) is 0.547. The molecule has 2 aromatic rings. The fourth-order valence-electron chi connectivity index (χ4n) is 4.36. The monoisotopic (exact) mass is 422 g/mol. The van der Waals surface area contributed by atoms with Gasteiger partial charge in [-0.2, -0.15) is 0 Å². The molecule has 1 spiro atoms. The average Bonchev–Trinajstić information content (AvgIpc) is 3.04. The second-order valence-electron chi connectivity index (χ2n) is 7.74. The summed E-state index contributed by atoms with van der Waals surface area (Å²) >= 11 is 0. The number of aromatic nitrogens is 2. The van der Waals surface area contributed by atoms with Crippen molar-refractivity contribution in [1.82, 2.24) is 25.1 Å². The summed E-state index contributed by atoms with van der Waals surface area (Å²) in [6, 6.07) is 8.39. The van der Waals surface area contributed by atoms with Gasteiger partial charge in [-0.3, -0.25) is 14.5 Å². The number of imide groups is 1. The van der Waals surface area contributed by atoms with E-state index in [1.807, 2.05) is 11.0 Å². The summed E-state index contributed by atoms with van der Waals surface area (Å²) in [4.78, 5) is 52.0. The van der Waals surface area contributed by atoms with E-state index in [1.165, 1.54) is 0 Å². The maximum atomic E-state index is 13.3. The van der Waals surface area contributed by atoms with Crippen molar-refractivity contribution in [1.29, 1.82) is 0 Å². The maximum absolute atomic E-state index is 13.3. The lowest BCUT2D eigenvalue weighted by Gasteiger charge is -2.35. The van der Waals surface area contributed by atoms with Crippen LogP contribution in [-0.4, -0.2) is 76.9 Å². The van der Waals surface area contributed by atoms with Crippen molar-refractivity contribution in [3.63, 3.8) is 0 Å². The fourth-order valence-corrected chi connectivity index (χ4v) is 4.36. The van der Waals surface area contributed by atoms with E-state index in [0.717, 1.165) is 4.90 Å². The summed E-state index contributed by atoms with van der Waals surface area (Å²) in [5, 5.41) is 2.82. The normalized spacial score (nSPS) is 22.9. The van der Waals surface area contributed by atoms with Crippen LogP contribution in [0.3, 0.4) is 0 Å². The molecule has 1 atom stereocenters. The molecule has 1 unspecified atom stereocenters. The SMILES string of the molecule is O=C(CN1C(=O)NC2(CCOc3ccccc32)C1=O)N1CCN(c2ncccn2)CC1. The number of ether oxygens (including phenoxy) is 1. The summed E-state index contributed by atoms with van der Waals surface area (Å²) in [6.45, 7) is 2.16. The molecule has 0 aliphatic carbocycles. The molecule has 4 heterocycles. The maximum Gasteiger partial charge on any atom is 0.325 e. The van der Waals surface area contributed by atoms with Gasteiger partial charge in [0, 0.05) is 50.6 Å². The lowest BCUT2D eigenvalue weighted by Crippen LogP contribution is -2.52. The summed E-state index contributed by atoms with van der Waals surface area (Å²) in [7, 11) is 0. The molecule has 0 radical (unpaired) electrons. The molecule has 1 N–H and O–H groups in total. The van der Waals surface area contributed by atoms with Crippen LogP contribution < -0.4 is 15.0 Å². The number of anilines is 1. The summed E-state index contributed by atoms with van der Waals surface area (Å²) in [5.41, 5.74) is -0.541. The number of rotatable bonds is 3. The number of hydrogen-bond donors (Lipinski definition) is 1. The van der Waals surface area contributed by atoms with Crippen molar-refractivity contribution in [2.45, 2.75) is 12.0 Å². The van der Waals surface area contributed by atoms with Crippen LogP contribution in [0.5, 0.6) is 5.75 Å². The first-order valence-corrected chi connectivity index (χ1v) is 10.2. The zero-order chi connectivity index (χ0) is 21.4. The molecule has 0 bridgehead atoms. The van der Waals surface area contributed by atoms with Crippen LogP contribution in [0.25, 0.3) is 0 Å². The molecular weight excluding hydrogens is 400 g/mol. The van der Waals surface area contributed by atoms with Crippen LogP contribution in [0.1, 0.15) is 12.0 Å². The van der Waals surface area contributed by atoms with Gasteiger partial charge in [0.2, 0.25) is 11.9 Å². The van der Waals surface area contributed by atoms with Gasteiger partial charge in [0.15, 0.2) is 5.54 Å². The first kappa shape index (κ1) is 19.3. The summed E-state index contributed by atoms with van der Waals surface area (Å²) in [6.07, 6.45) is 3.69. The van der Waals surface area contributed by atoms with Gasteiger partial charge in [-0.05, 0) is 12.1 Å². The van der Waals surface area contributed by atoms with Crippen molar-refractivity contribution in [3.8, 4) is 5.75 Å². The zero-order valence-corrected chi connectivity index (χ0v) is 16.9. The van der Waals surface area contributed by atoms with Crippen molar-refractivity contribution < 1.29 is 19.1 Å². The predicted octanol–water partition coefficient (Wildman–Crippen LogP) is 0.355. The largest absolute Gasteiger partial charge is 0.493 e. The number of carbonyl (C=O) groups excluding carboxylic acids is 3. The van der Waals surface area contributed by atoms with Crippen molar-refractivity contribution in [3.05, 3.63) is 48.3 Å². The number of piperazine rings is 1. The minimum absolute atomic E-state index is 0.255. The van der Waals surface area contributed by atoms with E-state index in [4.69, 9.17) is 4.74 Å². The van der Waals surface area contributed by atoms with Crippen LogP contribution >= 0.6 is 0 Å². The molecule has 10 nitrogen and oxygen atoms in total. The number of amides is 4. The molecule has 5 rings (SSSR count). The van der Waals surface area contributed by atoms with Gasteiger partial charge in [-0.1, -0.05) is 18.2 Å². The Morgan fingerprint density at radius 1 is 1.06 bits per heavy atom. The Bertz CT molecular complexity index is 1020. The van der Waals surface area contributed by atoms with E-state index in [0.29, 0.717) is 56.5 Å². The first-order valence-electron chi connectivity index (χ1n) is 10.2. The van der Waals surface area contributed by atoms with E-state index >= 15 is 0 Å². The van der Waals surface area contributed by atoms with Gasteiger partial charge in [-0.15, -0.1) is 0 Å². The lowest BCUT2D eigenvalue weighted by atomic mass is 9.84. The Labute approximate surface area is 178 Å². The number of carbonyl (C=O) groups is 3. The van der Waals surface area contributed by atoms with E-state index in [9.17, 15) is 14.4 Å². The number of nitrogens with one attached hydrogen (secondary N) is 1. The summed E-state index contributed by atoms with van der Waals surface area (Å²) < 4.78 is 5.64. The molecule has 1 aromatic carbocycles. The smallest absolute Gasteiger partial charge is 0.325 e. The molecule has 4 amide bonds. The van der Waals surface area contributed by atoms with Gasteiger partial charge < -0.3 is 19.9 Å². The molecule has 0 saturated carbocycles.